The maximum absolute atomic E-state index is 13.5. The largest absolute Gasteiger partial charge is 0.496 e. The number of aromatic amines is 1. The molecule has 2 aromatic heterocycles. The van der Waals surface area contributed by atoms with Crippen LogP contribution in [0.15, 0.2) is 48.8 Å². The van der Waals surface area contributed by atoms with Crippen molar-refractivity contribution in [1.82, 2.24) is 20.3 Å². The van der Waals surface area contributed by atoms with Gasteiger partial charge in [0.05, 0.1) is 24.1 Å². The third-order valence-electron chi connectivity index (χ3n) is 4.73. The summed E-state index contributed by atoms with van der Waals surface area (Å²) in [5.41, 5.74) is 1.92. The lowest BCUT2D eigenvalue weighted by atomic mass is 10.1. The monoisotopic (exact) mass is 381 g/mol. The predicted octanol–water partition coefficient (Wildman–Crippen LogP) is 2.63. The van der Waals surface area contributed by atoms with Gasteiger partial charge in [-0.25, -0.2) is 14.4 Å². The summed E-state index contributed by atoms with van der Waals surface area (Å²) in [5.74, 6) is 0.126. The lowest BCUT2D eigenvalue weighted by Gasteiger charge is -2.18. The Kier molecular flexibility index (Phi) is 4.92. The molecular weight excluding hydrogens is 361 g/mol. The van der Waals surface area contributed by atoms with Gasteiger partial charge in [0, 0.05) is 31.5 Å². The smallest absolute Gasteiger partial charge is 0.255 e. The van der Waals surface area contributed by atoms with E-state index in [2.05, 4.69) is 20.3 Å². The van der Waals surface area contributed by atoms with Crippen molar-refractivity contribution in [1.29, 1.82) is 0 Å². The van der Waals surface area contributed by atoms with Gasteiger partial charge in [0.2, 0.25) is 5.95 Å². The minimum atomic E-state index is -0.478. The number of nitrogens with one attached hydrogen (secondary N) is 2. The van der Waals surface area contributed by atoms with Gasteiger partial charge in [-0.3, -0.25) is 4.79 Å². The van der Waals surface area contributed by atoms with Crippen LogP contribution in [0, 0.1) is 5.82 Å². The van der Waals surface area contributed by atoms with Gasteiger partial charge in [-0.1, -0.05) is 0 Å². The van der Waals surface area contributed by atoms with Crippen molar-refractivity contribution in [3.63, 3.8) is 0 Å². The van der Waals surface area contributed by atoms with Gasteiger partial charge in [0.25, 0.3) is 5.91 Å². The Morgan fingerprint density at radius 3 is 3.04 bits per heavy atom. The maximum Gasteiger partial charge on any atom is 0.255 e. The van der Waals surface area contributed by atoms with Gasteiger partial charge in [0.15, 0.2) is 0 Å². The normalized spacial score (nSPS) is 16.2. The zero-order chi connectivity index (χ0) is 19.5. The molecule has 0 saturated carbocycles. The number of benzene rings is 1. The number of methoxy groups -OCH3 is 1. The molecule has 0 radical (unpaired) electrons. The first-order chi connectivity index (χ1) is 13.6. The van der Waals surface area contributed by atoms with Crippen LogP contribution in [0.2, 0.25) is 0 Å². The number of carbonyl (C=O) groups excluding carboxylic acids is 1. The molecule has 4 rings (SSSR count). The first-order valence-electron chi connectivity index (χ1n) is 9.00. The quantitative estimate of drug-likeness (QED) is 0.710. The molecule has 7 nitrogen and oxygen atoms in total. The Morgan fingerprint density at radius 2 is 2.25 bits per heavy atom. The van der Waals surface area contributed by atoms with Crippen molar-refractivity contribution < 1.29 is 13.9 Å². The molecule has 0 spiro atoms. The van der Waals surface area contributed by atoms with E-state index >= 15 is 0 Å². The number of hydrogen-bond acceptors (Lipinski definition) is 5. The Balaban J connectivity index is 1.44. The SMILES string of the molecule is COc1ccc(F)cc1C(=O)NC1CCN(c2nccc(-c3ccc[nH]3)n2)C1. The zero-order valence-corrected chi connectivity index (χ0v) is 15.4. The van der Waals surface area contributed by atoms with Crippen LogP contribution in [-0.4, -0.2) is 47.1 Å². The number of aromatic nitrogens is 3. The van der Waals surface area contributed by atoms with Crippen LogP contribution >= 0.6 is 0 Å². The number of hydrogen-bond donors (Lipinski definition) is 2. The first kappa shape index (κ1) is 18.0. The Morgan fingerprint density at radius 1 is 1.36 bits per heavy atom. The molecule has 1 amide bonds. The topological polar surface area (TPSA) is 83.1 Å². The Hall–Kier alpha value is -3.42. The van der Waals surface area contributed by atoms with Crippen LogP contribution in [0.3, 0.4) is 0 Å². The lowest BCUT2D eigenvalue weighted by molar-refractivity contribution is 0.0937. The van der Waals surface area contributed by atoms with Crippen LogP contribution in [0.5, 0.6) is 5.75 Å². The van der Waals surface area contributed by atoms with Crippen LogP contribution in [0.25, 0.3) is 11.4 Å². The molecule has 3 heterocycles. The zero-order valence-electron chi connectivity index (χ0n) is 15.4. The summed E-state index contributed by atoms with van der Waals surface area (Å²) in [5, 5.41) is 2.95. The summed E-state index contributed by atoms with van der Waals surface area (Å²) in [6.45, 7) is 1.30. The highest BCUT2D eigenvalue weighted by molar-refractivity contribution is 5.97. The van der Waals surface area contributed by atoms with Crippen molar-refractivity contribution in [2.24, 2.45) is 0 Å². The molecule has 2 N–H and O–H groups in total. The van der Waals surface area contributed by atoms with Crippen LogP contribution in [-0.2, 0) is 0 Å². The molecule has 1 aliphatic heterocycles. The molecule has 144 valence electrons. The van der Waals surface area contributed by atoms with Crippen molar-refractivity contribution in [3.8, 4) is 17.1 Å². The van der Waals surface area contributed by atoms with Gasteiger partial charge in [-0.15, -0.1) is 0 Å². The van der Waals surface area contributed by atoms with Crippen LogP contribution in [0.1, 0.15) is 16.8 Å². The maximum atomic E-state index is 13.5. The van der Waals surface area contributed by atoms with E-state index in [1.54, 1.807) is 6.20 Å². The molecule has 28 heavy (non-hydrogen) atoms. The molecule has 1 unspecified atom stereocenters. The molecular formula is C20H20FN5O2. The van der Waals surface area contributed by atoms with Gasteiger partial charge in [-0.05, 0) is 42.8 Å². The lowest BCUT2D eigenvalue weighted by Crippen LogP contribution is -2.37. The van der Waals surface area contributed by atoms with E-state index in [0.717, 1.165) is 24.4 Å². The summed E-state index contributed by atoms with van der Waals surface area (Å²) in [4.78, 5) is 26.7. The molecule has 0 aliphatic carbocycles. The molecule has 8 heteroatoms. The fourth-order valence-corrected chi connectivity index (χ4v) is 3.32. The average Bonchev–Trinajstić information content (AvgIpc) is 3.40. The van der Waals surface area contributed by atoms with E-state index in [1.807, 2.05) is 29.3 Å². The molecule has 1 saturated heterocycles. The van der Waals surface area contributed by atoms with Gasteiger partial charge in [-0.2, -0.15) is 0 Å². The van der Waals surface area contributed by atoms with Crippen molar-refractivity contribution in [3.05, 3.63) is 60.2 Å². The highest BCUT2D eigenvalue weighted by atomic mass is 19.1. The molecule has 1 fully saturated rings. The number of halogens is 1. The van der Waals surface area contributed by atoms with E-state index in [0.29, 0.717) is 18.2 Å². The summed E-state index contributed by atoms with van der Waals surface area (Å²) >= 11 is 0. The van der Waals surface area contributed by atoms with E-state index in [-0.39, 0.29) is 17.5 Å². The number of amides is 1. The first-order valence-corrected chi connectivity index (χ1v) is 9.00. The highest BCUT2D eigenvalue weighted by Gasteiger charge is 2.27. The van der Waals surface area contributed by atoms with Crippen molar-refractivity contribution in [2.75, 3.05) is 25.1 Å². The second kappa shape index (κ2) is 7.67. The minimum absolute atomic E-state index is 0.0850. The predicted molar refractivity (Wildman–Crippen MR) is 103 cm³/mol. The second-order valence-corrected chi connectivity index (χ2v) is 6.58. The Bertz CT molecular complexity index is 976. The van der Waals surface area contributed by atoms with E-state index in [1.165, 1.54) is 25.3 Å². The second-order valence-electron chi connectivity index (χ2n) is 6.58. The number of rotatable bonds is 5. The van der Waals surface area contributed by atoms with E-state index in [9.17, 15) is 9.18 Å². The molecule has 0 bridgehead atoms. The highest BCUT2D eigenvalue weighted by Crippen LogP contribution is 2.22. The summed E-state index contributed by atoms with van der Waals surface area (Å²) in [6, 6.07) is 9.53. The number of carbonyl (C=O) groups is 1. The molecule has 1 aromatic carbocycles. The summed E-state index contributed by atoms with van der Waals surface area (Å²) < 4.78 is 18.7. The number of ether oxygens (including phenoxy) is 1. The third-order valence-corrected chi connectivity index (χ3v) is 4.73. The van der Waals surface area contributed by atoms with Crippen molar-refractivity contribution >= 4 is 11.9 Å². The van der Waals surface area contributed by atoms with E-state index < -0.39 is 5.82 Å². The molecule has 1 aliphatic rings. The number of nitrogens with zero attached hydrogens (tertiary/aromatic N) is 3. The third kappa shape index (κ3) is 3.66. The number of H-pyrrole nitrogens is 1. The van der Waals surface area contributed by atoms with Gasteiger partial charge >= 0.3 is 0 Å². The average molecular weight is 381 g/mol. The summed E-state index contributed by atoms with van der Waals surface area (Å²) in [6.07, 6.45) is 4.32. The fourth-order valence-electron chi connectivity index (χ4n) is 3.32. The van der Waals surface area contributed by atoms with Gasteiger partial charge in [0.1, 0.15) is 11.6 Å². The minimum Gasteiger partial charge on any atom is -0.496 e. The van der Waals surface area contributed by atoms with Crippen LogP contribution < -0.4 is 15.0 Å². The van der Waals surface area contributed by atoms with E-state index in [4.69, 9.17) is 4.74 Å². The fraction of sp³-hybridized carbons (Fsp3) is 0.250. The Labute approximate surface area is 161 Å². The number of anilines is 1. The summed E-state index contributed by atoms with van der Waals surface area (Å²) in [7, 11) is 1.45. The van der Waals surface area contributed by atoms with Gasteiger partial charge < -0.3 is 19.9 Å². The standard InChI is InChI=1S/C20H20FN5O2/c1-28-18-5-4-13(21)11-15(18)19(27)24-14-7-10-26(12-14)20-23-9-6-17(25-20)16-3-2-8-22-16/h2-6,8-9,11,14,22H,7,10,12H2,1H3,(H,24,27). The van der Waals surface area contributed by atoms with Crippen LogP contribution in [0.4, 0.5) is 10.3 Å². The molecule has 1 atom stereocenters. The van der Waals surface area contributed by atoms with Crippen molar-refractivity contribution in [2.45, 2.75) is 12.5 Å². The molecule has 3 aromatic rings.